The van der Waals surface area contributed by atoms with Gasteiger partial charge >= 0.3 is 0 Å². The molecule has 7 nitrogen and oxygen atoms in total. The number of aryl methyl sites for hydroxylation is 1. The predicted molar refractivity (Wildman–Crippen MR) is 93.2 cm³/mol. The minimum Gasteiger partial charge on any atom is -0.328 e. The van der Waals surface area contributed by atoms with Gasteiger partial charge in [-0.25, -0.2) is 0 Å². The van der Waals surface area contributed by atoms with E-state index >= 15 is 0 Å². The molecule has 2 aliphatic heterocycles. The minimum atomic E-state index is -0.191. The average molecular weight is 341 g/mol. The molecular weight excluding hydrogens is 318 g/mol. The van der Waals surface area contributed by atoms with Crippen molar-refractivity contribution in [1.82, 2.24) is 25.0 Å². The van der Waals surface area contributed by atoms with E-state index in [0.717, 1.165) is 42.8 Å². The highest BCUT2D eigenvalue weighted by atomic mass is 16.2. The molecular formula is C18H23N5O2. The van der Waals surface area contributed by atoms with Crippen LogP contribution in [0.2, 0.25) is 0 Å². The molecule has 0 aromatic carbocycles. The van der Waals surface area contributed by atoms with Gasteiger partial charge in [-0.2, -0.15) is 5.10 Å². The van der Waals surface area contributed by atoms with Crippen molar-refractivity contribution < 1.29 is 4.79 Å². The van der Waals surface area contributed by atoms with Crippen molar-refractivity contribution in [2.75, 3.05) is 13.1 Å². The number of nitrogens with zero attached hydrogens (tertiary/aromatic N) is 3. The number of pyridine rings is 1. The lowest BCUT2D eigenvalue weighted by molar-refractivity contribution is 0.0746. The maximum atomic E-state index is 13.0. The molecule has 2 aliphatic rings. The van der Waals surface area contributed by atoms with E-state index < -0.39 is 0 Å². The quantitative estimate of drug-likeness (QED) is 0.874. The number of H-pyrrole nitrogens is 1. The molecule has 0 saturated carbocycles. The first kappa shape index (κ1) is 16.1. The second-order valence-electron chi connectivity index (χ2n) is 7.08. The second-order valence-corrected chi connectivity index (χ2v) is 7.08. The van der Waals surface area contributed by atoms with Crippen LogP contribution in [0.15, 0.2) is 23.3 Å². The second kappa shape index (κ2) is 6.48. The molecule has 4 rings (SSSR count). The number of aromatic nitrogens is 3. The van der Waals surface area contributed by atoms with E-state index in [4.69, 9.17) is 0 Å². The van der Waals surface area contributed by atoms with E-state index in [0.29, 0.717) is 31.1 Å². The summed E-state index contributed by atoms with van der Waals surface area (Å²) in [6.45, 7) is 5.46. The van der Waals surface area contributed by atoms with Crippen LogP contribution in [0.25, 0.3) is 0 Å². The Hall–Kier alpha value is -2.41. The molecule has 1 atom stereocenters. The third-order valence-electron chi connectivity index (χ3n) is 5.25. The van der Waals surface area contributed by atoms with Crippen LogP contribution in [0, 0.1) is 12.8 Å². The summed E-state index contributed by atoms with van der Waals surface area (Å²) in [7, 11) is 0. The zero-order valence-corrected chi connectivity index (χ0v) is 14.4. The van der Waals surface area contributed by atoms with Crippen LogP contribution in [0.4, 0.5) is 0 Å². The number of aromatic amines is 1. The number of hydrogen-bond acceptors (Lipinski definition) is 4. The molecule has 1 fully saturated rings. The fourth-order valence-electron chi connectivity index (χ4n) is 3.79. The number of hydrogen-bond donors (Lipinski definition) is 2. The standard InChI is InChI=1S/C18H23N5O2/c1-12-4-6-22(9-13-3-2-5-19-7-13)17(24)16(12)18(25)23-10-14-8-20-21-15(14)11-23/h4,6,8,13,19H,2-3,5,7,9-11H2,1H3,(H,20,21). The summed E-state index contributed by atoms with van der Waals surface area (Å²) in [5, 5.41) is 10.3. The Bertz CT molecular complexity index is 827. The smallest absolute Gasteiger partial charge is 0.263 e. The number of amides is 1. The van der Waals surface area contributed by atoms with Crippen molar-refractivity contribution in [3.63, 3.8) is 0 Å². The summed E-state index contributed by atoms with van der Waals surface area (Å²) in [5.41, 5.74) is 2.83. The number of carbonyl (C=O) groups excluding carboxylic acids is 1. The molecule has 25 heavy (non-hydrogen) atoms. The van der Waals surface area contributed by atoms with Gasteiger partial charge in [0.15, 0.2) is 0 Å². The Morgan fingerprint density at radius 3 is 3.04 bits per heavy atom. The number of rotatable bonds is 3. The first-order valence-corrected chi connectivity index (χ1v) is 8.84. The Morgan fingerprint density at radius 1 is 1.40 bits per heavy atom. The van der Waals surface area contributed by atoms with Crippen molar-refractivity contribution in [1.29, 1.82) is 0 Å². The third-order valence-corrected chi connectivity index (χ3v) is 5.25. The molecule has 0 spiro atoms. The van der Waals surface area contributed by atoms with Gasteiger partial charge in [-0.1, -0.05) is 0 Å². The van der Waals surface area contributed by atoms with E-state index in [-0.39, 0.29) is 11.5 Å². The van der Waals surface area contributed by atoms with Crippen LogP contribution in [0.5, 0.6) is 0 Å². The molecule has 0 aliphatic carbocycles. The lowest BCUT2D eigenvalue weighted by atomic mass is 9.99. The molecule has 2 aromatic rings. The summed E-state index contributed by atoms with van der Waals surface area (Å²) in [4.78, 5) is 27.6. The summed E-state index contributed by atoms with van der Waals surface area (Å²) in [6.07, 6.45) is 5.81. The van der Waals surface area contributed by atoms with Crippen LogP contribution in [-0.4, -0.2) is 38.7 Å². The van der Waals surface area contributed by atoms with Crippen LogP contribution in [0.3, 0.4) is 0 Å². The third kappa shape index (κ3) is 3.00. The monoisotopic (exact) mass is 341 g/mol. The molecule has 7 heteroatoms. The molecule has 1 unspecified atom stereocenters. The highest BCUT2D eigenvalue weighted by Gasteiger charge is 2.29. The summed E-state index contributed by atoms with van der Waals surface area (Å²) in [6, 6.07) is 1.88. The molecule has 0 radical (unpaired) electrons. The summed E-state index contributed by atoms with van der Waals surface area (Å²) in [5.74, 6) is 0.248. The molecule has 2 N–H and O–H groups in total. The first-order valence-electron chi connectivity index (χ1n) is 8.84. The minimum absolute atomic E-state index is 0.177. The normalized spacial score (nSPS) is 19.9. The van der Waals surface area contributed by atoms with Gasteiger partial charge < -0.3 is 14.8 Å². The maximum absolute atomic E-state index is 13.0. The van der Waals surface area contributed by atoms with Gasteiger partial charge in [0.25, 0.3) is 11.5 Å². The number of carbonyl (C=O) groups is 1. The van der Waals surface area contributed by atoms with Crippen molar-refractivity contribution >= 4 is 5.91 Å². The van der Waals surface area contributed by atoms with Gasteiger partial charge in [0.05, 0.1) is 18.4 Å². The number of piperidine rings is 1. The molecule has 1 amide bonds. The SMILES string of the molecule is Cc1ccn(CC2CCCNC2)c(=O)c1C(=O)N1Cc2cn[nH]c2C1. The van der Waals surface area contributed by atoms with Crippen molar-refractivity contribution in [3.05, 3.63) is 51.2 Å². The van der Waals surface area contributed by atoms with E-state index in [2.05, 4.69) is 15.5 Å². The molecule has 2 aromatic heterocycles. The van der Waals surface area contributed by atoms with Crippen LogP contribution < -0.4 is 10.9 Å². The first-order chi connectivity index (χ1) is 12.1. The van der Waals surface area contributed by atoms with Crippen molar-refractivity contribution in [3.8, 4) is 0 Å². The molecule has 4 heterocycles. The topological polar surface area (TPSA) is 83.0 Å². The summed E-state index contributed by atoms with van der Waals surface area (Å²) >= 11 is 0. The van der Waals surface area contributed by atoms with Crippen LogP contribution in [-0.2, 0) is 19.6 Å². The van der Waals surface area contributed by atoms with Crippen LogP contribution >= 0.6 is 0 Å². The van der Waals surface area contributed by atoms with Crippen molar-refractivity contribution in [2.24, 2.45) is 5.92 Å². The Kier molecular flexibility index (Phi) is 4.17. The number of fused-ring (bicyclic) bond motifs is 1. The van der Waals surface area contributed by atoms with Crippen molar-refractivity contribution in [2.45, 2.75) is 39.4 Å². The van der Waals surface area contributed by atoms with Gasteiger partial charge in [-0.3, -0.25) is 14.7 Å². The van der Waals surface area contributed by atoms with Crippen LogP contribution in [0.1, 0.15) is 40.0 Å². The van der Waals surface area contributed by atoms with Gasteiger partial charge in [-0.15, -0.1) is 0 Å². The average Bonchev–Trinajstić information content (AvgIpc) is 3.20. The Labute approximate surface area is 146 Å². The fourth-order valence-corrected chi connectivity index (χ4v) is 3.79. The largest absolute Gasteiger partial charge is 0.328 e. The molecule has 132 valence electrons. The van der Waals surface area contributed by atoms with Gasteiger partial charge in [0.1, 0.15) is 5.56 Å². The summed E-state index contributed by atoms with van der Waals surface area (Å²) < 4.78 is 1.70. The highest BCUT2D eigenvalue weighted by Crippen LogP contribution is 2.22. The maximum Gasteiger partial charge on any atom is 0.263 e. The predicted octanol–water partition coefficient (Wildman–Crippen LogP) is 1.04. The Balaban J connectivity index is 1.58. The highest BCUT2D eigenvalue weighted by molar-refractivity contribution is 5.95. The van der Waals surface area contributed by atoms with E-state index in [1.807, 2.05) is 19.2 Å². The lowest BCUT2D eigenvalue weighted by Crippen LogP contribution is -2.38. The van der Waals surface area contributed by atoms with E-state index in [1.54, 1.807) is 15.7 Å². The lowest BCUT2D eigenvalue weighted by Gasteiger charge is -2.24. The molecule has 1 saturated heterocycles. The Morgan fingerprint density at radius 2 is 2.28 bits per heavy atom. The van der Waals surface area contributed by atoms with E-state index in [9.17, 15) is 9.59 Å². The zero-order chi connectivity index (χ0) is 17.4. The van der Waals surface area contributed by atoms with Gasteiger partial charge in [0.2, 0.25) is 0 Å². The van der Waals surface area contributed by atoms with Gasteiger partial charge in [-0.05, 0) is 50.4 Å². The molecule has 0 bridgehead atoms. The van der Waals surface area contributed by atoms with E-state index in [1.165, 1.54) is 0 Å². The zero-order valence-electron chi connectivity index (χ0n) is 14.4. The van der Waals surface area contributed by atoms with Gasteiger partial charge in [0, 0.05) is 24.8 Å². The fraction of sp³-hybridized carbons (Fsp3) is 0.500. The number of nitrogens with one attached hydrogen (secondary N) is 2.